The highest BCUT2D eigenvalue weighted by Gasteiger charge is 2.24. The van der Waals surface area contributed by atoms with Gasteiger partial charge in [0.25, 0.3) is 17.5 Å². The summed E-state index contributed by atoms with van der Waals surface area (Å²) < 4.78 is 10.7. The molecular weight excluding hydrogens is 692 g/mol. The van der Waals surface area contributed by atoms with E-state index >= 15 is 0 Å². The molecule has 11 nitrogen and oxygen atoms in total. The van der Waals surface area contributed by atoms with Gasteiger partial charge in [-0.25, -0.2) is 0 Å². The van der Waals surface area contributed by atoms with Crippen LogP contribution >= 0.6 is 23.4 Å². The van der Waals surface area contributed by atoms with Crippen molar-refractivity contribution in [3.05, 3.63) is 159 Å². The zero-order valence-electron chi connectivity index (χ0n) is 27.3. The third-order valence-electron chi connectivity index (χ3n) is 7.38. The van der Waals surface area contributed by atoms with E-state index in [9.17, 15) is 24.5 Å². The Hall–Kier alpha value is -6.11. The molecule has 5 aromatic carbocycles. The van der Waals surface area contributed by atoms with E-state index in [2.05, 4.69) is 16.0 Å². The highest BCUT2D eigenvalue weighted by atomic mass is 35.5. The molecule has 0 aliphatic rings. The lowest BCUT2D eigenvalue weighted by atomic mass is 10.1. The average Bonchev–Trinajstić information content (AvgIpc) is 3.15. The Morgan fingerprint density at radius 3 is 2.04 bits per heavy atom. The number of carbonyl (C=O) groups is 3. The van der Waals surface area contributed by atoms with Gasteiger partial charge in [-0.05, 0) is 71.8 Å². The first-order chi connectivity index (χ1) is 24.6. The molecular formula is C38H31ClN4O7S. The summed E-state index contributed by atoms with van der Waals surface area (Å²) in [5, 5.41) is 19.1. The minimum Gasteiger partial charge on any atom is -0.495 e. The van der Waals surface area contributed by atoms with E-state index in [-0.39, 0.29) is 17.3 Å². The van der Waals surface area contributed by atoms with Gasteiger partial charge >= 0.3 is 0 Å². The van der Waals surface area contributed by atoms with Crippen molar-refractivity contribution in [2.24, 2.45) is 0 Å². The van der Waals surface area contributed by atoms with Crippen LogP contribution in [-0.4, -0.2) is 36.9 Å². The molecule has 0 aromatic heterocycles. The number of ether oxygens (including phenoxy) is 2. The molecule has 5 rings (SSSR count). The zero-order chi connectivity index (χ0) is 36.3. The first kappa shape index (κ1) is 36.2. The standard InChI is InChI=1S/C38H31ClN4O7S/c1-49-33-23-34(50-2)31(22-30(33)39)41-38(46)35(25-9-5-3-6-10-25)51-29-19-15-27(16-20-29)40-37(45)32(42-36(44)26-11-7-4-8-12-26)21-24-13-17-28(18-14-24)43(47)48/h3-23,35H,1-2H3,(H,40,45)(H,41,46)(H,42,44)/b32-21-. The number of nitrogens with zero attached hydrogens (tertiary/aromatic N) is 1. The molecule has 0 saturated heterocycles. The summed E-state index contributed by atoms with van der Waals surface area (Å²) in [4.78, 5) is 51.5. The number of nitro benzene ring substituents is 1. The largest absolute Gasteiger partial charge is 0.495 e. The van der Waals surface area contributed by atoms with Gasteiger partial charge in [-0.15, -0.1) is 11.8 Å². The summed E-state index contributed by atoms with van der Waals surface area (Å²) >= 11 is 7.63. The van der Waals surface area contributed by atoms with Gasteiger partial charge in [0, 0.05) is 34.3 Å². The molecule has 0 aliphatic carbocycles. The van der Waals surface area contributed by atoms with Crippen LogP contribution in [-0.2, 0) is 9.59 Å². The summed E-state index contributed by atoms with van der Waals surface area (Å²) in [5.41, 5.74) is 2.17. The Labute approximate surface area is 302 Å². The van der Waals surface area contributed by atoms with Crippen LogP contribution in [0.2, 0.25) is 5.02 Å². The second-order valence-electron chi connectivity index (χ2n) is 10.8. The molecule has 1 atom stereocenters. The third kappa shape index (κ3) is 9.53. The minimum absolute atomic E-state index is 0.0777. The van der Waals surface area contributed by atoms with E-state index in [1.54, 1.807) is 66.7 Å². The number of carbonyl (C=O) groups excluding carboxylic acids is 3. The first-order valence-corrected chi connectivity index (χ1v) is 16.6. The molecule has 13 heteroatoms. The Kier molecular flexibility index (Phi) is 12.1. The average molecular weight is 723 g/mol. The maximum atomic E-state index is 13.7. The van der Waals surface area contributed by atoms with Gasteiger partial charge in [0.05, 0.1) is 29.9 Å². The molecule has 3 amide bonds. The van der Waals surface area contributed by atoms with Crippen LogP contribution in [0.3, 0.4) is 0 Å². The van der Waals surface area contributed by atoms with Crippen LogP contribution in [0, 0.1) is 10.1 Å². The van der Waals surface area contributed by atoms with Crippen LogP contribution in [0.5, 0.6) is 11.5 Å². The van der Waals surface area contributed by atoms with Crippen LogP contribution in [0.1, 0.15) is 26.7 Å². The number of hydrogen-bond acceptors (Lipinski definition) is 8. The molecule has 0 spiro atoms. The van der Waals surface area contributed by atoms with E-state index in [0.29, 0.717) is 39.0 Å². The summed E-state index contributed by atoms with van der Waals surface area (Å²) in [5.74, 6) is -0.668. The molecule has 0 bridgehead atoms. The van der Waals surface area contributed by atoms with Gasteiger partial charge in [-0.1, -0.05) is 60.1 Å². The van der Waals surface area contributed by atoms with Crippen molar-refractivity contribution in [3.8, 4) is 11.5 Å². The SMILES string of the molecule is COc1cc(OC)c(NC(=O)C(Sc2ccc(NC(=O)/C(=C/c3ccc([N+](=O)[O-])cc3)NC(=O)c3ccccc3)cc2)c2ccccc2)cc1Cl. The summed E-state index contributed by atoms with van der Waals surface area (Å²) in [7, 11) is 2.97. The number of nitrogens with one attached hydrogen (secondary N) is 3. The Bertz CT molecular complexity index is 2060. The van der Waals surface area contributed by atoms with Crippen LogP contribution in [0.25, 0.3) is 6.08 Å². The molecule has 0 aliphatic heterocycles. The van der Waals surface area contributed by atoms with Gasteiger partial charge in [0.2, 0.25) is 5.91 Å². The Morgan fingerprint density at radius 1 is 0.804 bits per heavy atom. The van der Waals surface area contributed by atoms with E-state index in [1.165, 1.54) is 56.3 Å². The topological polar surface area (TPSA) is 149 Å². The fourth-order valence-corrected chi connectivity index (χ4v) is 6.07. The molecule has 1 unspecified atom stereocenters. The van der Waals surface area contributed by atoms with Gasteiger partial charge in [0.1, 0.15) is 22.4 Å². The van der Waals surface area contributed by atoms with E-state index in [1.807, 2.05) is 30.3 Å². The summed E-state index contributed by atoms with van der Waals surface area (Å²) in [6.45, 7) is 0. The number of anilines is 2. The molecule has 3 N–H and O–H groups in total. The second-order valence-corrected chi connectivity index (χ2v) is 12.4. The number of benzene rings is 5. The maximum Gasteiger partial charge on any atom is 0.272 e. The fraction of sp³-hybridized carbons (Fsp3) is 0.0789. The number of halogens is 1. The lowest BCUT2D eigenvalue weighted by Crippen LogP contribution is -2.30. The highest BCUT2D eigenvalue weighted by molar-refractivity contribution is 8.00. The minimum atomic E-state index is -0.679. The van der Waals surface area contributed by atoms with Crippen molar-refractivity contribution in [3.63, 3.8) is 0 Å². The van der Waals surface area contributed by atoms with E-state index < -0.39 is 22.0 Å². The number of hydrogen-bond donors (Lipinski definition) is 3. The summed E-state index contributed by atoms with van der Waals surface area (Å²) in [6, 6.07) is 33.2. The Balaban J connectivity index is 1.35. The number of methoxy groups -OCH3 is 2. The molecule has 258 valence electrons. The van der Waals surface area contributed by atoms with Crippen molar-refractivity contribution in [2.75, 3.05) is 24.9 Å². The second kappa shape index (κ2) is 17.0. The monoisotopic (exact) mass is 722 g/mol. The lowest BCUT2D eigenvalue weighted by Gasteiger charge is -2.19. The summed E-state index contributed by atoms with van der Waals surface area (Å²) in [6.07, 6.45) is 1.43. The fourth-order valence-electron chi connectivity index (χ4n) is 4.81. The van der Waals surface area contributed by atoms with Crippen molar-refractivity contribution in [1.29, 1.82) is 0 Å². The van der Waals surface area contributed by atoms with Crippen LogP contribution in [0.4, 0.5) is 17.1 Å². The quantitative estimate of drug-likeness (QED) is 0.0477. The number of thioether (sulfide) groups is 1. The van der Waals surface area contributed by atoms with Crippen molar-refractivity contribution in [2.45, 2.75) is 10.1 Å². The molecule has 51 heavy (non-hydrogen) atoms. The highest BCUT2D eigenvalue weighted by Crippen LogP contribution is 2.40. The lowest BCUT2D eigenvalue weighted by molar-refractivity contribution is -0.384. The molecule has 0 fully saturated rings. The molecule has 0 saturated carbocycles. The number of rotatable bonds is 13. The zero-order valence-corrected chi connectivity index (χ0v) is 28.9. The van der Waals surface area contributed by atoms with E-state index in [4.69, 9.17) is 21.1 Å². The maximum absolute atomic E-state index is 13.7. The molecule has 0 heterocycles. The van der Waals surface area contributed by atoms with Crippen molar-refractivity contribution < 1.29 is 28.8 Å². The van der Waals surface area contributed by atoms with Crippen molar-refractivity contribution >= 4 is 64.2 Å². The number of non-ortho nitro benzene ring substituents is 1. The number of nitro groups is 1. The smallest absolute Gasteiger partial charge is 0.272 e. The van der Waals surface area contributed by atoms with Crippen LogP contribution < -0.4 is 25.4 Å². The first-order valence-electron chi connectivity index (χ1n) is 15.3. The molecule has 5 aromatic rings. The third-order valence-corrected chi connectivity index (χ3v) is 8.94. The van der Waals surface area contributed by atoms with Gasteiger partial charge in [-0.2, -0.15) is 0 Å². The normalized spacial score (nSPS) is 11.5. The van der Waals surface area contributed by atoms with Gasteiger partial charge in [0.15, 0.2) is 0 Å². The van der Waals surface area contributed by atoms with Gasteiger partial charge in [-0.3, -0.25) is 24.5 Å². The predicted octanol–water partition coefficient (Wildman–Crippen LogP) is 8.15. The number of amides is 3. The van der Waals surface area contributed by atoms with Crippen molar-refractivity contribution in [1.82, 2.24) is 5.32 Å². The molecule has 0 radical (unpaired) electrons. The predicted molar refractivity (Wildman–Crippen MR) is 198 cm³/mol. The Morgan fingerprint density at radius 2 is 1.43 bits per heavy atom. The van der Waals surface area contributed by atoms with E-state index in [0.717, 1.165) is 10.5 Å². The van der Waals surface area contributed by atoms with Gasteiger partial charge < -0.3 is 25.4 Å². The van der Waals surface area contributed by atoms with Crippen LogP contribution in [0.15, 0.2) is 132 Å².